The summed E-state index contributed by atoms with van der Waals surface area (Å²) in [6.07, 6.45) is 2.16. The Morgan fingerprint density at radius 1 is 1.53 bits per heavy atom. The Bertz CT molecular complexity index is 444. The van der Waals surface area contributed by atoms with Crippen LogP contribution in [0.4, 0.5) is 5.82 Å². The molecule has 17 heavy (non-hydrogen) atoms. The second kappa shape index (κ2) is 4.87. The smallest absolute Gasteiger partial charge is 0.229 e. The maximum Gasteiger partial charge on any atom is 0.229 e. The number of carbonyl (C=O) groups is 2. The average molecular weight is 250 g/mol. The lowest BCUT2D eigenvalue weighted by Gasteiger charge is -2.15. The monoisotopic (exact) mass is 250 g/mol. The Labute approximate surface area is 104 Å². The number of aryl methyl sites for hydroxylation is 1. The summed E-state index contributed by atoms with van der Waals surface area (Å²) in [5, 5.41) is 0.115. The highest BCUT2D eigenvalue weighted by Gasteiger charge is 2.32. The first-order chi connectivity index (χ1) is 8.06. The molecule has 4 nitrogen and oxygen atoms in total. The van der Waals surface area contributed by atoms with Crippen molar-refractivity contribution >= 4 is 28.6 Å². The molecule has 2 heterocycles. The Morgan fingerprint density at radius 2 is 2.29 bits per heavy atom. The Kier molecular flexibility index (Phi) is 3.47. The van der Waals surface area contributed by atoms with Gasteiger partial charge in [0.05, 0.1) is 0 Å². The van der Waals surface area contributed by atoms with Crippen LogP contribution in [0.3, 0.4) is 0 Å². The molecule has 0 bridgehead atoms. The maximum absolute atomic E-state index is 11.8. The molecule has 0 radical (unpaired) electrons. The van der Waals surface area contributed by atoms with Gasteiger partial charge in [-0.05, 0) is 18.6 Å². The standard InChI is InChI=1S/C12H14N2O2S/c1-8-3-4-11(13-6-8)14-7-10(5-12(14)16)17-9(2)15/h3-4,6,10H,5,7H2,1-2H3. The molecule has 5 heteroatoms. The molecule has 2 rings (SSSR count). The topological polar surface area (TPSA) is 50.3 Å². The molecule has 0 aliphatic carbocycles. The van der Waals surface area contributed by atoms with Crippen molar-refractivity contribution < 1.29 is 9.59 Å². The summed E-state index contributed by atoms with van der Waals surface area (Å²) in [5.74, 6) is 0.715. The lowest BCUT2D eigenvalue weighted by molar-refractivity contribution is -0.117. The van der Waals surface area contributed by atoms with E-state index in [1.807, 2.05) is 19.1 Å². The first-order valence-corrected chi connectivity index (χ1v) is 6.34. The molecule has 0 N–H and O–H groups in total. The van der Waals surface area contributed by atoms with Crippen molar-refractivity contribution in [2.24, 2.45) is 0 Å². The highest BCUT2D eigenvalue weighted by Crippen LogP contribution is 2.27. The van der Waals surface area contributed by atoms with E-state index in [1.165, 1.54) is 18.7 Å². The van der Waals surface area contributed by atoms with Crippen molar-refractivity contribution in [3.8, 4) is 0 Å². The second-order valence-electron chi connectivity index (χ2n) is 4.13. The molecule has 90 valence electrons. The maximum atomic E-state index is 11.8. The van der Waals surface area contributed by atoms with Crippen LogP contribution in [-0.4, -0.2) is 27.8 Å². The second-order valence-corrected chi connectivity index (χ2v) is 5.61. The van der Waals surface area contributed by atoms with Crippen molar-refractivity contribution in [1.82, 2.24) is 4.98 Å². The Hall–Kier alpha value is -1.36. The first kappa shape index (κ1) is 12.1. The molecule has 1 fully saturated rings. The van der Waals surface area contributed by atoms with Crippen LogP contribution in [0, 0.1) is 6.92 Å². The predicted octanol–water partition coefficient (Wildman–Crippen LogP) is 1.78. The molecule has 0 aromatic carbocycles. The van der Waals surface area contributed by atoms with Crippen LogP contribution in [0.15, 0.2) is 18.3 Å². The predicted molar refractivity (Wildman–Crippen MR) is 68.0 cm³/mol. The fraction of sp³-hybridized carbons (Fsp3) is 0.417. The lowest BCUT2D eigenvalue weighted by Crippen LogP contribution is -2.25. The van der Waals surface area contributed by atoms with Crippen molar-refractivity contribution in [2.45, 2.75) is 25.5 Å². The summed E-state index contributed by atoms with van der Waals surface area (Å²) >= 11 is 1.24. The number of amides is 1. The van der Waals surface area contributed by atoms with E-state index in [4.69, 9.17) is 0 Å². The summed E-state index contributed by atoms with van der Waals surface area (Å²) in [7, 11) is 0. The summed E-state index contributed by atoms with van der Waals surface area (Å²) in [6, 6.07) is 3.77. The third-order valence-corrected chi connectivity index (χ3v) is 3.58. The van der Waals surface area contributed by atoms with Gasteiger partial charge >= 0.3 is 0 Å². The van der Waals surface area contributed by atoms with Crippen LogP contribution >= 0.6 is 11.8 Å². The minimum absolute atomic E-state index is 0.0418. The number of aromatic nitrogens is 1. The number of pyridine rings is 1. The number of anilines is 1. The third kappa shape index (κ3) is 2.85. The number of carbonyl (C=O) groups excluding carboxylic acids is 2. The summed E-state index contributed by atoms with van der Waals surface area (Å²) in [5.41, 5.74) is 1.06. The van der Waals surface area contributed by atoms with E-state index in [0.717, 1.165) is 5.56 Å². The van der Waals surface area contributed by atoms with E-state index in [0.29, 0.717) is 18.8 Å². The van der Waals surface area contributed by atoms with Gasteiger partial charge in [0.25, 0.3) is 0 Å². The van der Waals surface area contributed by atoms with E-state index in [1.54, 1.807) is 11.1 Å². The summed E-state index contributed by atoms with van der Waals surface area (Å²) in [6.45, 7) is 4.05. The third-order valence-electron chi connectivity index (χ3n) is 2.59. The van der Waals surface area contributed by atoms with Crippen molar-refractivity contribution in [1.29, 1.82) is 0 Å². The molecule has 1 aliphatic rings. The van der Waals surface area contributed by atoms with Crippen LogP contribution in [-0.2, 0) is 9.59 Å². The van der Waals surface area contributed by atoms with Gasteiger partial charge < -0.3 is 0 Å². The number of nitrogens with zero attached hydrogens (tertiary/aromatic N) is 2. The fourth-order valence-electron chi connectivity index (χ4n) is 1.83. The zero-order chi connectivity index (χ0) is 12.4. The van der Waals surface area contributed by atoms with E-state index in [9.17, 15) is 9.59 Å². The molecule has 0 saturated carbocycles. The van der Waals surface area contributed by atoms with E-state index in [2.05, 4.69) is 4.98 Å². The van der Waals surface area contributed by atoms with Crippen LogP contribution < -0.4 is 4.90 Å². The molecule has 1 unspecified atom stereocenters. The molecular weight excluding hydrogens is 236 g/mol. The molecule has 1 amide bonds. The van der Waals surface area contributed by atoms with Gasteiger partial charge in [0.1, 0.15) is 5.82 Å². The largest absolute Gasteiger partial charge is 0.296 e. The van der Waals surface area contributed by atoms with Gasteiger partial charge in [-0.2, -0.15) is 0 Å². The van der Waals surface area contributed by atoms with Gasteiger partial charge in [-0.3, -0.25) is 14.5 Å². The molecule has 1 saturated heterocycles. The van der Waals surface area contributed by atoms with Crippen LogP contribution in [0.2, 0.25) is 0 Å². The highest BCUT2D eigenvalue weighted by atomic mass is 32.2. The normalized spacial score (nSPS) is 19.8. The minimum Gasteiger partial charge on any atom is -0.296 e. The van der Waals surface area contributed by atoms with E-state index in [-0.39, 0.29) is 16.3 Å². The minimum atomic E-state index is 0.0418. The van der Waals surface area contributed by atoms with Gasteiger partial charge in [-0.1, -0.05) is 17.8 Å². The van der Waals surface area contributed by atoms with Crippen LogP contribution in [0.1, 0.15) is 18.9 Å². The zero-order valence-electron chi connectivity index (χ0n) is 9.84. The Morgan fingerprint density at radius 3 is 2.88 bits per heavy atom. The van der Waals surface area contributed by atoms with Crippen molar-refractivity contribution in [2.75, 3.05) is 11.4 Å². The van der Waals surface area contributed by atoms with E-state index < -0.39 is 0 Å². The summed E-state index contributed by atoms with van der Waals surface area (Å²) < 4.78 is 0. The van der Waals surface area contributed by atoms with Gasteiger partial charge in [-0.15, -0.1) is 0 Å². The zero-order valence-corrected chi connectivity index (χ0v) is 10.7. The molecular formula is C12H14N2O2S. The van der Waals surface area contributed by atoms with Gasteiger partial charge in [0.2, 0.25) is 5.91 Å². The first-order valence-electron chi connectivity index (χ1n) is 5.46. The highest BCUT2D eigenvalue weighted by molar-refractivity contribution is 8.14. The number of hydrogen-bond acceptors (Lipinski definition) is 4. The van der Waals surface area contributed by atoms with Gasteiger partial charge in [-0.25, -0.2) is 4.98 Å². The SMILES string of the molecule is CC(=O)SC1CC(=O)N(c2ccc(C)cn2)C1. The quantitative estimate of drug-likeness (QED) is 0.802. The van der Waals surface area contributed by atoms with Crippen molar-refractivity contribution in [3.05, 3.63) is 23.9 Å². The van der Waals surface area contributed by atoms with Crippen molar-refractivity contribution in [3.63, 3.8) is 0 Å². The Balaban J connectivity index is 2.10. The van der Waals surface area contributed by atoms with E-state index >= 15 is 0 Å². The fourth-order valence-corrected chi connectivity index (χ4v) is 2.75. The lowest BCUT2D eigenvalue weighted by atomic mass is 10.3. The summed E-state index contributed by atoms with van der Waals surface area (Å²) in [4.78, 5) is 28.7. The van der Waals surface area contributed by atoms with Gasteiger partial charge in [0.15, 0.2) is 5.12 Å². The number of thioether (sulfide) groups is 1. The number of rotatable bonds is 2. The number of hydrogen-bond donors (Lipinski definition) is 0. The van der Waals surface area contributed by atoms with Crippen LogP contribution in [0.25, 0.3) is 0 Å². The molecule has 1 aliphatic heterocycles. The molecule has 1 aromatic heterocycles. The average Bonchev–Trinajstić information content (AvgIpc) is 2.59. The molecule has 1 atom stereocenters. The van der Waals surface area contributed by atoms with Gasteiger partial charge in [0, 0.05) is 31.3 Å². The van der Waals surface area contributed by atoms with Crippen LogP contribution in [0.5, 0.6) is 0 Å². The molecule has 0 spiro atoms. The molecule has 1 aromatic rings.